The van der Waals surface area contributed by atoms with Gasteiger partial charge in [0.2, 0.25) is 0 Å². The highest BCUT2D eigenvalue weighted by Gasteiger charge is 2.49. The third-order valence-electron chi connectivity index (χ3n) is 7.80. The first-order chi connectivity index (χ1) is 20.7. The molecule has 1 aromatic heterocycles. The Balaban J connectivity index is 1.50. The van der Waals surface area contributed by atoms with Gasteiger partial charge >= 0.3 is 0 Å². The summed E-state index contributed by atoms with van der Waals surface area (Å²) in [5, 5.41) is 14.2. The molecule has 0 fully saturated rings. The lowest BCUT2D eigenvalue weighted by molar-refractivity contribution is -0.133. The molecule has 0 saturated carbocycles. The number of ketones is 1. The average Bonchev–Trinajstić information content (AvgIpc) is 3.53. The Morgan fingerprint density at radius 2 is 1.80 bits per heavy atom. The zero-order valence-electron chi connectivity index (χ0n) is 24.6. The molecule has 2 aliphatic rings. The van der Waals surface area contributed by atoms with Crippen LogP contribution in [0.15, 0.2) is 83.0 Å². The van der Waals surface area contributed by atoms with E-state index in [4.69, 9.17) is 0 Å². The van der Waals surface area contributed by atoms with Crippen LogP contribution in [0, 0.1) is 0 Å². The molecular formula is C32H34N4O7S. The topological polar surface area (TPSA) is 166 Å². The molecular weight excluding hydrogens is 584 g/mol. The number of H-pyrrole nitrogens is 1. The van der Waals surface area contributed by atoms with Gasteiger partial charge in [-0.2, -0.15) is 0 Å². The quantitative estimate of drug-likeness (QED) is 0.299. The van der Waals surface area contributed by atoms with Crippen LogP contribution in [0.4, 0.5) is 0 Å². The van der Waals surface area contributed by atoms with Crippen LogP contribution >= 0.6 is 0 Å². The van der Waals surface area contributed by atoms with Crippen LogP contribution in [0.1, 0.15) is 54.2 Å². The van der Waals surface area contributed by atoms with Crippen molar-refractivity contribution in [2.24, 2.45) is 0 Å². The van der Waals surface area contributed by atoms with E-state index in [1.165, 1.54) is 30.5 Å². The van der Waals surface area contributed by atoms with Crippen LogP contribution in [-0.4, -0.2) is 59.0 Å². The monoisotopic (exact) mass is 618 g/mol. The molecule has 0 aliphatic carbocycles. The number of carbonyl (C=O) groups is 3. The molecule has 3 heterocycles. The van der Waals surface area contributed by atoms with Crippen LogP contribution in [0.25, 0.3) is 0 Å². The Morgan fingerprint density at radius 3 is 2.45 bits per heavy atom. The van der Waals surface area contributed by atoms with Gasteiger partial charge in [-0.1, -0.05) is 51.1 Å². The van der Waals surface area contributed by atoms with Gasteiger partial charge in [-0.15, -0.1) is 0 Å². The van der Waals surface area contributed by atoms with Crippen LogP contribution in [-0.2, 0) is 37.0 Å². The fraction of sp³-hybridized carbons (Fsp3) is 0.312. The number of hydrogen-bond acceptors (Lipinski definition) is 8. The number of amides is 2. The van der Waals surface area contributed by atoms with Crippen LogP contribution in [0.2, 0.25) is 0 Å². The second-order valence-electron chi connectivity index (χ2n) is 12.0. The second kappa shape index (κ2) is 11.8. The maximum atomic E-state index is 14.4. The van der Waals surface area contributed by atoms with Crippen molar-refractivity contribution in [2.75, 3.05) is 6.54 Å². The smallest absolute Gasteiger partial charge is 0.252 e. The van der Waals surface area contributed by atoms with Crippen molar-refractivity contribution in [3.63, 3.8) is 0 Å². The van der Waals surface area contributed by atoms with Gasteiger partial charge in [-0.25, -0.2) is 8.42 Å². The van der Waals surface area contributed by atoms with Crippen molar-refractivity contribution in [3.8, 4) is 5.75 Å². The van der Waals surface area contributed by atoms with Gasteiger partial charge in [0.05, 0.1) is 12.3 Å². The van der Waals surface area contributed by atoms with Crippen molar-refractivity contribution in [2.45, 2.75) is 56.2 Å². The summed E-state index contributed by atoms with van der Waals surface area (Å²) in [5.74, 6) is -2.53. The summed E-state index contributed by atoms with van der Waals surface area (Å²) in [5.41, 5.74) is 1.34. The van der Waals surface area contributed by atoms with Crippen molar-refractivity contribution in [1.82, 2.24) is 20.5 Å². The molecule has 4 N–H and O–H groups in total. The number of aromatic amines is 1. The largest absolute Gasteiger partial charge is 0.508 e. The predicted molar refractivity (Wildman–Crippen MR) is 163 cm³/mol. The fourth-order valence-corrected chi connectivity index (χ4v) is 7.26. The Bertz CT molecular complexity index is 1820. The Hall–Kier alpha value is -4.71. The molecule has 44 heavy (non-hydrogen) atoms. The first kappa shape index (κ1) is 30.7. The summed E-state index contributed by atoms with van der Waals surface area (Å²) < 4.78 is 27.5. The lowest BCUT2D eigenvalue weighted by atomic mass is 9.86. The molecule has 0 spiro atoms. The number of pyridine rings is 1. The Kier molecular flexibility index (Phi) is 8.21. The predicted octanol–water partition coefficient (Wildman–Crippen LogP) is 2.28. The fourth-order valence-electron chi connectivity index (χ4n) is 5.45. The zero-order chi connectivity index (χ0) is 31.8. The van der Waals surface area contributed by atoms with E-state index in [0.717, 1.165) is 10.5 Å². The number of hydrogen-bond donors (Lipinski definition) is 4. The molecule has 11 nitrogen and oxygen atoms in total. The number of phenolic OH excluding ortho intramolecular Hbond substituents is 1. The number of sulfone groups is 1. The average molecular weight is 619 g/mol. The number of aromatic nitrogens is 1. The molecule has 5 rings (SSSR count). The normalized spacial score (nSPS) is 17.3. The van der Waals surface area contributed by atoms with E-state index in [1.54, 1.807) is 24.3 Å². The molecule has 0 radical (unpaired) electrons. The maximum absolute atomic E-state index is 14.4. The number of Topliss-reactive ketones (excluding diaryl/α,β-unsaturated/α-hetero) is 1. The van der Waals surface area contributed by atoms with Gasteiger partial charge in [0, 0.05) is 35.9 Å². The number of nitrogens with zero attached hydrogens (tertiary/aromatic N) is 1. The third-order valence-corrected chi connectivity index (χ3v) is 9.72. The number of rotatable bonds is 8. The summed E-state index contributed by atoms with van der Waals surface area (Å²) in [7, 11) is -4.21. The van der Waals surface area contributed by atoms with Gasteiger partial charge in [0.25, 0.3) is 17.4 Å². The van der Waals surface area contributed by atoms with E-state index in [0.29, 0.717) is 16.8 Å². The van der Waals surface area contributed by atoms with Crippen LogP contribution in [0.5, 0.6) is 5.75 Å². The molecule has 230 valence electrons. The van der Waals surface area contributed by atoms with Gasteiger partial charge in [-0.05, 0) is 46.9 Å². The minimum atomic E-state index is -4.21. The van der Waals surface area contributed by atoms with E-state index in [9.17, 15) is 32.7 Å². The number of phenols is 1. The van der Waals surface area contributed by atoms with Gasteiger partial charge in [-0.3, -0.25) is 24.1 Å². The number of aromatic hydroxyl groups is 1. The SMILES string of the molecule is CC(C)(C)c1ccc(C(=O)NC(Cc2cccc(O)c2)C(=O)N2C3=C(CC2S(=O)(=O)Cc2ccc[nH]c2=O)NCC3=O)cc1. The number of carbonyl (C=O) groups excluding carboxylic acids is 3. The van der Waals surface area contributed by atoms with Gasteiger partial charge in [0.15, 0.2) is 15.6 Å². The van der Waals surface area contributed by atoms with E-state index in [-0.39, 0.29) is 41.8 Å². The Morgan fingerprint density at radius 1 is 1.07 bits per heavy atom. The van der Waals surface area contributed by atoms with E-state index in [2.05, 4.69) is 15.6 Å². The minimum absolute atomic E-state index is 0.00504. The van der Waals surface area contributed by atoms with E-state index < -0.39 is 50.2 Å². The minimum Gasteiger partial charge on any atom is -0.508 e. The standard InChI is InChI=1S/C32H34N4O7S/c1-32(2,3)22-11-9-20(10-12-22)30(40)35-25(15-19-6-4-8-23(37)14-19)31(41)36-27(16-24-28(36)26(38)17-34-24)44(42,43)18-21-7-5-13-33-29(21)39/h4-14,25,27,34,37H,15-18H2,1-3H3,(H,33,39)(H,35,40). The van der Waals surface area contributed by atoms with Crippen molar-refractivity contribution in [3.05, 3.63) is 111 Å². The molecule has 2 amide bonds. The highest BCUT2D eigenvalue weighted by Crippen LogP contribution is 2.36. The third kappa shape index (κ3) is 6.30. The first-order valence-electron chi connectivity index (χ1n) is 14.2. The summed E-state index contributed by atoms with van der Waals surface area (Å²) in [6.07, 6.45) is 1.12. The van der Waals surface area contributed by atoms with E-state index >= 15 is 0 Å². The second-order valence-corrected chi connectivity index (χ2v) is 14.2. The molecule has 3 aromatic rings. The summed E-state index contributed by atoms with van der Waals surface area (Å²) >= 11 is 0. The highest BCUT2D eigenvalue weighted by atomic mass is 32.2. The van der Waals surface area contributed by atoms with Crippen LogP contribution < -0.4 is 16.2 Å². The zero-order valence-corrected chi connectivity index (χ0v) is 25.4. The maximum Gasteiger partial charge on any atom is 0.252 e. The van der Waals surface area contributed by atoms with Gasteiger partial charge in [0.1, 0.15) is 22.9 Å². The van der Waals surface area contributed by atoms with E-state index in [1.807, 2.05) is 32.9 Å². The molecule has 2 unspecified atom stereocenters. The van der Waals surface area contributed by atoms with Crippen molar-refractivity contribution in [1.29, 1.82) is 0 Å². The summed E-state index contributed by atoms with van der Waals surface area (Å²) in [6.45, 7) is 6.04. The first-order valence-corrected chi connectivity index (χ1v) is 15.9. The molecule has 0 bridgehead atoms. The molecule has 12 heteroatoms. The number of benzene rings is 2. The molecule has 2 aromatic carbocycles. The van der Waals surface area contributed by atoms with Crippen molar-refractivity contribution >= 4 is 27.4 Å². The Labute approximate surface area is 254 Å². The molecule has 2 aliphatic heterocycles. The lowest BCUT2D eigenvalue weighted by Crippen LogP contribution is -2.53. The molecule has 2 atom stereocenters. The van der Waals surface area contributed by atoms with Crippen LogP contribution in [0.3, 0.4) is 0 Å². The molecule has 0 saturated heterocycles. The summed E-state index contributed by atoms with van der Waals surface area (Å²) in [6, 6.07) is 14.7. The highest BCUT2D eigenvalue weighted by molar-refractivity contribution is 7.91. The number of nitrogens with one attached hydrogen (secondary N) is 3. The van der Waals surface area contributed by atoms with Crippen molar-refractivity contribution < 1.29 is 27.9 Å². The van der Waals surface area contributed by atoms with Gasteiger partial charge < -0.3 is 20.7 Å². The lowest BCUT2D eigenvalue weighted by Gasteiger charge is -2.31. The summed E-state index contributed by atoms with van der Waals surface area (Å²) in [4.78, 5) is 56.5.